The summed E-state index contributed by atoms with van der Waals surface area (Å²) in [5, 5.41) is 17.0. The standard InChI is InChI=1S/C9H9FO3S/c10-8(9(12)13)14-7-3-1-6(5-11)2-4-7/h1-4,8,11H,5H2,(H,12,13). The number of hydrogen-bond acceptors (Lipinski definition) is 3. The summed E-state index contributed by atoms with van der Waals surface area (Å²) in [7, 11) is 0. The highest BCUT2D eigenvalue weighted by molar-refractivity contribution is 8.00. The number of thioether (sulfide) groups is 1. The maximum atomic E-state index is 12.7. The number of halogens is 1. The van der Waals surface area contributed by atoms with Crippen LogP contribution in [0.4, 0.5) is 4.39 Å². The number of aliphatic hydroxyl groups is 1. The molecule has 0 saturated carbocycles. The highest BCUT2D eigenvalue weighted by atomic mass is 32.2. The Hall–Kier alpha value is -1.07. The number of aliphatic carboxylic acids is 1. The first-order valence-corrected chi connectivity index (χ1v) is 4.75. The molecule has 14 heavy (non-hydrogen) atoms. The topological polar surface area (TPSA) is 57.5 Å². The van der Waals surface area contributed by atoms with Gasteiger partial charge in [-0.1, -0.05) is 23.9 Å². The van der Waals surface area contributed by atoms with Crippen LogP contribution in [-0.4, -0.2) is 21.7 Å². The second-order valence-electron chi connectivity index (χ2n) is 2.57. The van der Waals surface area contributed by atoms with Gasteiger partial charge in [-0.05, 0) is 17.7 Å². The van der Waals surface area contributed by atoms with Gasteiger partial charge in [-0.3, -0.25) is 0 Å². The molecule has 0 spiro atoms. The lowest BCUT2D eigenvalue weighted by molar-refractivity contribution is -0.139. The lowest BCUT2D eigenvalue weighted by atomic mass is 10.2. The quantitative estimate of drug-likeness (QED) is 0.751. The Morgan fingerprint density at radius 3 is 2.43 bits per heavy atom. The van der Waals surface area contributed by atoms with Crippen LogP contribution >= 0.6 is 11.8 Å². The molecule has 0 aliphatic heterocycles. The Labute approximate surface area is 84.6 Å². The molecule has 1 atom stereocenters. The summed E-state index contributed by atoms with van der Waals surface area (Å²) in [6, 6.07) is 6.39. The van der Waals surface area contributed by atoms with E-state index in [-0.39, 0.29) is 6.61 Å². The van der Waals surface area contributed by atoms with Crippen molar-refractivity contribution in [3.05, 3.63) is 29.8 Å². The first-order chi connectivity index (χ1) is 6.63. The van der Waals surface area contributed by atoms with E-state index in [9.17, 15) is 9.18 Å². The molecule has 0 aromatic heterocycles. The lowest BCUT2D eigenvalue weighted by Gasteiger charge is -2.03. The Bertz CT molecular complexity index is 312. The van der Waals surface area contributed by atoms with Crippen LogP contribution in [0.3, 0.4) is 0 Å². The third-order valence-electron chi connectivity index (χ3n) is 1.54. The first kappa shape index (κ1) is 11.0. The number of carboxylic acid groups (broad SMARTS) is 1. The smallest absolute Gasteiger partial charge is 0.349 e. The summed E-state index contributed by atoms with van der Waals surface area (Å²) in [6.45, 7) is -0.0804. The molecule has 5 heteroatoms. The second-order valence-corrected chi connectivity index (χ2v) is 3.70. The number of carboxylic acids is 1. The molecule has 0 amide bonds. The number of hydrogen-bond donors (Lipinski definition) is 2. The summed E-state index contributed by atoms with van der Waals surface area (Å²) in [5.74, 6) is -1.48. The van der Waals surface area contributed by atoms with Crippen molar-refractivity contribution in [3.63, 3.8) is 0 Å². The second kappa shape index (κ2) is 4.97. The molecule has 1 aromatic carbocycles. The highest BCUT2D eigenvalue weighted by Crippen LogP contribution is 2.24. The van der Waals surface area contributed by atoms with Gasteiger partial charge in [0, 0.05) is 4.90 Å². The number of alkyl halides is 1. The maximum absolute atomic E-state index is 12.7. The van der Waals surface area contributed by atoms with Gasteiger partial charge in [0.2, 0.25) is 5.50 Å². The molecule has 0 saturated heterocycles. The zero-order valence-electron chi connectivity index (χ0n) is 7.18. The third kappa shape index (κ3) is 3.01. The Morgan fingerprint density at radius 2 is 2.00 bits per heavy atom. The fourth-order valence-electron chi connectivity index (χ4n) is 0.843. The summed E-state index contributed by atoms with van der Waals surface area (Å²) in [6.07, 6.45) is 0. The molecule has 0 aliphatic carbocycles. The van der Waals surface area contributed by atoms with Crippen molar-refractivity contribution in [2.24, 2.45) is 0 Å². The van der Waals surface area contributed by atoms with E-state index in [0.29, 0.717) is 22.2 Å². The van der Waals surface area contributed by atoms with Gasteiger partial charge in [-0.2, -0.15) is 0 Å². The zero-order chi connectivity index (χ0) is 10.6. The molecule has 0 aliphatic rings. The van der Waals surface area contributed by atoms with Crippen molar-refractivity contribution in [1.29, 1.82) is 0 Å². The van der Waals surface area contributed by atoms with Gasteiger partial charge in [0.05, 0.1) is 6.61 Å². The average Bonchev–Trinajstić information content (AvgIpc) is 2.19. The molecule has 3 nitrogen and oxygen atoms in total. The summed E-state index contributed by atoms with van der Waals surface area (Å²) >= 11 is 0.623. The van der Waals surface area contributed by atoms with Gasteiger partial charge in [0.15, 0.2) is 0 Å². The molecule has 0 bridgehead atoms. The van der Waals surface area contributed by atoms with Gasteiger partial charge in [0.1, 0.15) is 0 Å². The fraction of sp³-hybridized carbons (Fsp3) is 0.222. The Morgan fingerprint density at radius 1 is 1.43 bits per heavy atom. The molecule has 0 radical (unpaired) electrons. The van der Waals surface area contributed by atoms with Crippen molar-refractivity contribution in [2.75, 3.05) is 0 Å². The van der Waals surface area contributed by atoms with Crippen molar-refractivity contribution >= 4 is 17.7 Å². The van der Waals surface area contributed by atoms with E-state index in [2.05, 4.69) is 0 Å². The van der Waals surface area contributed by atoms with Crippen LogP contribution in [0.1, 0.15) is 5.56 Å². The number of carbonyl (C=O) groups is 1. The summed E-state index contributed by atoms with van der Waals surface area (Å²) in [5.41, 5.74) is -1.24. The van der Waals surface area contributed by atoms with Crippen molar-refractivity contribution in [3.8, 4) is 0 Å². The van der Waals surface area contributed by atoms with Crippen LogP contribution in [-0.2, 0) is 11.4 Å². The largest absolute Gasteiger partial charge is 0.478 e. The lowest BCUT2D eigenvalue weighted by Crippen LogP contribution is -2.09. The Balaban J connectivity index is 2.64. The number of rotatable bonds is 4. The van der Waals surface area contributed by atoms with Crippen LogP contribution in [0.25, 0.3) is 0 Å². The molecule has 1 aromatic rings. The number of aliphatic hydroxyl groups excluding tert-OH is 1. The van der Waals surface area contributed by atoms with Crippen molar-refractivity contribution < 1.29 is 19.4 Å². The fourth-order valence-corrected chi connectivity index (χ4v) is 1.48. The Kier molecular flexibility index (Phi) is 3.91. The first-order valence-electron chi connectivity index (χ1n) is 3.87. The van der Waals surface area contributed by atoms with Gasteiger partial charge in [0.25, 0.3) is 0 Å². The van der Waals surface area contributed by atoms with E-state index in [1.165, 1.54) is 0 Å². The van der Waals surface area contributed by atoms with E-state index in [4.69, 9.17) is 10.2 Å². The normalized spacial score (nSPS) is 12.4. The van der Waals surface area contributed by atoms with Crippen LogP contribution < -0.4 is 0 Å². The van der Waals surface area contributed by atoms with Crippen LogP contribution in [0.2, 0.25) is 0 Å². The highest BCUT2D eigenvalue weighted by Gasteiger charge is 2.16. The van der Waals surface area contributed by atoms with Crippen LogP contribution in [0.5, 0.6) is 0 Å². The minimum Gasteiger partial charge on any atom is -0.478 e. The molecule has 1 unspecified atom stereocenters. The zero-order valence-corrected chi connectivity index (χ0v) is 8.00. The van der Waals surface area contributed by atoms with E-state index in [1.807, 2.05) is 0 Å². The molecular weight excluding hydrogens is 207 g/mol. The van der Waals surface area contributed by atoms with Gasteiger partial charge >= 0.3 is 5.97 Å². The van der Waals surface area contributed by atoms with Crippen LogP contribution in [0.15, 0.2) is 29.2 Å². The molecule has 1 rings (SSSR count). The van der Waals surface area contributed by atoms with Gasteiger partial charge in [-0.25, -0.2) is 9.18 Å². The summed E-state index contributed by atoms with van der Waals surface area (Å²) in [4.78, 5) is 10.7. The van der Waals surface area contributed by atoms with E-state index >= 15 is 0 Å². The van der Waals surface area contributed by atoms with Crippen molar-refractivity contribution in [2.45, 2.75) is 17.0 Å². The monoisotopic (exact) mass is 216 g/mol. The molecule has 0 fully saturated rings. The van der Waals surface area contributed by atoms with Crippen molar-refractivity contribution in [1.82, 2.24) is 0 Å². The predicted octanol–water partition coefficient (Wildman–Crippen LogP) is 1.65. The minimum atomic E-state index is -1.95. The molecule has 0 heterocycles. The summed E-state index contributed by atoms with van der Waals surface area (Å²) < 4.78 is 12.7. The molecular formula is C9H9FO3S. The minimum absolute atomic E-state index is 0.0804. The number of benzene rings is 1. The average molecular weight is 216 g/mol. The van der Waals surface area contributed by atoms with Gasteiger partial charge in [-0.15, -0.1) is 0 Å². The SMILES string of the molecule is O=C(O)C(F)Sc1ccc(CO)cc1. The molecule has 76 valence electrons. The van der Waals surface area contributed by atoms with E-state index in [0.717, 1.165) is 0 Å². The maximum Gasteiger partial charge on any atom is 0.349 e. The van der Waals surface area contributed by atoms with Gasteiger partial charge < -0.3 is 10.2 Å². The van der Waals surface area contributed by atoms with E-state index in [1.54, 1.807) is 24.3 Å². The van der Waals surface area contributed by atoms with E-state index < -0.39 is 11.5 Å². The van der Waals surface area contributed by atoms with Crippen LogP contribution in [0, 0.1) is 0 Å². The predicted molar refractivity (Wildman–Crippen MR) is 50.8 cm³/mol. The third-order valence-corrected chi connectivity index (χ3v) is 2.49. The molecule has 2 N–H and O–H groups in total.